The minimum Gasteiger partial charge on any atom is -0.313 e. The third-order valence-corrected chi connectivity index (χ3v) is 5.42. The Kier molecular flexibility index (Phi) is 4.94. The molecule has 102 valence electrons. The molecule has 2 N–H and O–H groups in total. The van der Waals surface area contributed by atoms with Crippen molar-refractivity contribution in [2.45, 2.75) is 31.8 Å². The van der Waals surface area contributed by atoms with Gasteiger partial charge in [0.2, 0.25) is 10.0 Å². The molecule has 2 unspecified atom stereocenters. The van der Waals surface area contributed by atoms with Crippen LogP contribution in [0.5, 0.6) is 0 Å². The molecule has 1 heterocycles. The van der Waals surface area contributed by atoms with Crippen molar-refractivity contribution in [3.8, 4) is 0 Å². The third-order valence-electron chi connectivity index (χ3n) is 2.82. The van der Waals surface area contributed by atoms with Gasteiger partial charge in [0.05, 0.1) is 11.5 Å². The van der Waals surface area contributed by atoms with Gasteiger partial charge in [-0.15, -0.1) is 0 Å². The van der Waals surface area contributed by atoms with Crippen LogP contribution in [0.2, 0.25) is 0 Å². The largest absolute Gasteiger partial charge is 0.313 e. The quantitative estimate of drug-likeness (QED) is 0.682. The third kappa shape index (κ3) is 5.80. The van der Waals surface area contributed by atoms with E-state index in [-0.39, 0.29) is 23.6 Å². The van der Waals surface area contributed by atoms with E-state index in [4.69, 9.17) is 0 Å². The normalized spacial score (nSPS) is 26.9. The summed E-state index contributed by atoms with van der Waals surface area (Å²) in [4.78, 5) is 0. The van der Waals surface area contributed by atoms with Crippen LogP contribution in [-0.4, -0.2) is 53.2 Å². The molecule has 0 aliphatic carbocycles. The van der Waals surface area contributed by atoms with Gasteiger partial charge >= 0.3 is 0 Å². The number of rotatable bonds is 5. The van der Waals surface area contributed by atoms with Gasteiger partial charge in [-0.05, 0) is 26.3 Å². The Labute approximate surface area is 103 Å². The second-order valence-electron chi connectivity index (χ2n) is 4.56. The first-order valence-corrected chi connectivity index (χ1v) is 9.32. The summed E-state index contributed by atoms with van der Waals surface area (Å²) < 4.78 is 47.8. The first kappa shape index (κ1) is 14.9. The molecular formula is C9H20N2O4S2. The molecule has 0 amide bonds. The molecular weight excluding hydrogens is 264 g/mol. The van der Waals surface area contributed by atoms with E-state index >= 15 is 0 Å². The zero-order chi connectivity index (χ0) is 13.1. The van der Waals surface area contributed by atoms with Crippen LogP contribution in [0.1, 0.15) is 19.8 Å². The highest BCUT2D eigenvalue weighted by atomic mass is 32.2. The van der Waals surface area contributed by atoms with E-state index in [0.29, 0.717) is 0 Å². The van der Waals surface area contributed by atoms with Gasteiger partial charge in [-0.3, -0.25) is 0 Å². The van der Waals surface area contributed by atoms with Crippen LogP contribution in [-0.2, 0) is 19.9 Å². The van der Waals surface area contributed by atoms with Gasteiger partial charge in [-0.1, -0.05) is 0 Å². The fourth-order valence-corrected chi connectivity index (χ4v) is 4.75. The van der Waals surface area contributed by atoms with Crippen molar-refractivity contribution < 1.29 is 16.8 Å². The van der Waals surface area contributed by atoms with Crippen molar-refractivity contribution in [2.75, 3.05) is 24.3 Å². The maximum Gasteiger partial charge on any atom is 0.212 e. The van der Waals surface area contributed by atoms with Crippen LogP contribution in [0.3, 0.4) is 0 Å². The Morgan fingerprint density at radius 1 is 1.24 bits per heavy atom. The molecule has 0 radical (unpaired) electrons. The van der Waals surface area contributed by atoms with Crippen molar-refractivity contribution >= 4 is 19.9 Å². The molecule has 1 aliphatic rings. The Bertz CT molecular complexity index is 444. The van der Waals surface area contributed by atoms with E-state index in [0.717, 1.165) is 25.6 Å². The maximum absolute atomic E-state index is 11.7. The summed E-state index contributed by atoms with van der Waals surface area (Å²) in [5.41, 5.74) is 0. The van der Waals surface area contributed by atoms with Crippen molar-refractivity contribution in [3.05, 3.63) is 0 Å². The fourth-order valence-electron chi connectivity index (χ4n) is 1.76. The van der Waals surface area contributed by atoms with E-state index in [2.05, 4.69) is 10.0 Å². The summed E-state index contributed by atoms with van der Waals surface area (Å²) >= 11 is 0. The van der Waals surface area contributed by atoms with Crippen molar-refractivity contribution in [1.82, 2.24) is 10.0 Å². The lowest BCUT2D eigenvalue weighted by Crippen LogP contribution is -2.52. The number of hydrogen-bond donors (Lipinski definition) is 2. The average molecular weight is 284 g/mol. The number of sulfonamides is 1. The summed E-state index contributed by atoms with van der Waals surface area (Å²) in [7, 11) is -6.76. The summed E-state index contributed by atoms with van der Waals surface area (Å²) in [6, 6.07) is -0.0648. The van der Waals surface area contributed by atoms with Crippen molar-refractivity contribution in [2.24, 2.45) is 0 Å². The van der Waals surface area contributed by atoms with Crippen LogP contribution >= 0.6 is 0 Å². The van der Waals surface area contributed by atoms with Gasteiger partial charge in [0, 0.05) is 18.3 Å². The number of sulfone groups is 1. The molecule has 0 saturated carbocycles. The zero-order valence-electron chi connectivity index (χ0n) is 10.1. The SMILES string of the molecule is CC1NCCCC1NS(=O)(=O)CCS(C)(=O)=O. The first-order chi connectivity index (χ1) is 7.70. The van der Waals surface area contributed by atoms with Gasteiger partial charge in [-0.25, -0.2) is 21.6 Å². The highest BCUT2D eigenvalue weighted by Gasteiger charge is 2.25. The second-order valence-corrected chi connectivity index (χ2v) is 8.69. The summed E-state index contributed by atoms with van der Waals surface area (Å²) in [5.74, 6) is -0.702. The Balaban J connectivity index is 2.54. The van der Waals surface area contributed by atoms with Crippen molar-refractivity contribution in [1.29, 1.82) is 0 Å². The lowest BCUT2D eigenvalue weighted by molar-refractivity contribution is 0.349. The number of hydrogen-bond acceptors (Lipinski definition) is 5. The predicted octanol–water partition coefficient (Wildman–Crippen LogP) is -0.909. The van der Waals surface area contributed by atoms with E-state index in [1.807, 2.05) is 6.92 Å². The molecule has 0 aromatic rings. The Morgan fingerprint density at radius 2 is 1.88 bits per heavy atom. The average Bonchev–Trinajstić information content (AvgIpc) is 2.18. The molecule has 2 atom stereocenters. The van der Waals surface area contributed by atoms with Gasteiger partial charge in [0.1, 0.15) is 9.84 Å². The van der Waals surface area contributed by atoms with E-state index in [9.17, 15) is 16.8 Å². The summed E-state index contributed by atoms with van der Waals surface area (Å²) in [5, 5.41) is 3.18. The molecule has 17 heavy (non-hydrogen) atoms. The molecule has 0 aromatic carbocycles. The zero-order valence-corrected chi connectivity index (χ0v) is 11.8. The molecule has 8 heteroatoms. The minimum atomic E-state index is -3.52. The Morgan fingerprint density at radius 3 is 2.41 bits per heavy atom. The summed E-state index contributed by atoms with van der Waals surface area (Å²) in [6.45, 7) is 2.81. The van der Waals surface area contributed by atoms with Crippen LogP contribution in [0, 0.1) is 0 Å². The Hall–Kier alpha value is -0.180. The predicted molar refractivity (Wildman–Crippen MR) is 67.1 cm³/mol. The highest BCUT2D eigenvalue weighted by Crippen LogP contribution is 2.09. The van der Waals surface area contributed by atoms with Gasteiger partial charge in [0.15, 0.2) is 0 Å². The number of piperidine rings is 1. The first-order valence-electron chi connectivity index (χ1n) is 5.61. The van der Waals surface area contributed by atoms with Gasteiger partial charge in [0.25, 0.3) is 0 Å². The maximum atomic E-state index is 11.7. The van der Waals surface area contributed by atoms with Crippen molar-refractivity contribution in [3.63, 3.8) is 0 Å². The summed E-state index contributed by atoms with van der Waals surface area (Å²) in [6.07, 6.45) is 2.74. The standard InChI is InChI=1S/C9H20N2O4S2/c1-8-9(4-3-5-10-8)11-17(14,15)7-6-16(2,12)13/h8-11H,3-7H2,1-2H3. The molecule has 0 bridgehead atoms. The monoisotopic (exact) mass is 284 g/mol. The lowest BCUT2D eigenvalue weighted by atomic mass is 10.0. The molecule has 0 spiro atoms. The topological polar surface area (TPSA) is 92.3 Å². The molecule has 6 nitrogen and oxygen atoms in total. The van der Waals surface area contributed by atoms with Gasteiger partial charge in [-0.2, -0.15) is 0 Å². The highest BCUT2D eigenvalue weighted by molar-refractivity contribution is 7.93. The minimum absolute atomic E-state index is 0.0803. The van der Waals surface area contributed by atoms with E-state index in [1.165, 1.54) is 0 Å². The lowest BCUT2D eigenvalue weighted by Gasteiger charge is -2.30. The van der Waals surface area contributed by atoms with E-state index in [1.54, 1.807) is 0 Å². The van der Waals surface area contributed by atoms with Crippen LogP contribution < -0.4 is 10.0 Å². The smallest absolute Gasteiger partial charge is 0.212 e. The van der Waals surface area contributed by atoms with Gasteiger partial charge < -0.3 is 5.32 Å². The van der Waals surface area contributed by atoms with Crippen LogP contribution in [0.15, 0.2) is 0 Å². The van der Waals surface area contributed by atoms with Crippen LogP contribution in [0.4, 0.5) is 0 Å². The second kappa shape index (κ2) is 5.64. The molecule has 0 aromatic heterocycles. The molecule has 1 fully saturated rings. The van der Waals surface area contributed by atoms with E-state index < -0.39 is 19.9 Å². The van der Waals surface area contributed by atoms with Crippen LogP contribution in [0.25, 0.3) is 0 Å². The fraction of sp³-hybridized carbons (Fsp3) is 1.00. The molecule has 1 aliphatic heterocycles. The molecule has 1 rings (SSSR count). The number of nitrogens with one attached hydrogen (secondary N) is 2. The molecule has 1 saturated heterocycles.